The summed E-state index contributed by atoms with van der Waals surface area (Å²) in [6.45, 7) is 10.3. The Morgan fingerprint density at radius 1 is 1.08 bits per heavy atom. The third kappa shape index (κ3) is 4.38. The predicted octanol–water partition coefficient (Wildman–Crippen LogP) is 5.22. The molecule has 0 radical (unpaired) electrons. The van der Waals surface area contributed by atoms with Gasteiger partial charge in [0.1, 0.15) is 5.75 Å². The van der Waals surface area contributed by atoms with Gasteiger partial charge in [0.15, 0.2) is 6.10 Å². The van der Waals surface area contributed by atoms with E-state index in [4.69, 9.17) is 4.74 Å². The predicted molar refractivity (Wildman–Crippen MR) is 99.8 cm³/mol. The molecular formula is C21H27NO2. The fraction of sp³-hybridized carbons (Fsp3) is 0.381. The summed E-state index contributed by atoms with van der Waals surface area (Å²) in [7, 11) is 0. The topological polar surface area (TPSA) is 38.3 Å². The Labute approximate surface area is 145 Å². The van der Waals surface area contributed by atoms with Crippen LogP contribution in [0.3, 0.4) is 0 Å². The van der Waals surface area contributed by atoms with Crippen LogP contribution in [0.4, 0.5) is 5.69 Å². The van der Waals surface area contributed by atoms with Gasteiger partial charge in [0.25, 0.3) is 5.91 Å². The largest absolute Gasteiger partial charge is 0.480 e. The highest BCUT2D eigenvalue weighted by Crippen LogP contribution is 2.23. The van der Waals surface area contributed by atoms with E-state index in [9.17, 15) is 4.79 Å². The summed E-state index contributed by atoms with van der Waals surface area (Å²) >= 11 is 0. The van der Waals surface area contributed by atoms with E-state index in [2.05, 4.69) is 19.2 Å². The first-order valence-electron chi connectivity index (χ1n) is 8.56. The molecule has 0 heterocycles. The minimum Gasteiger partial charge on any atom is -0.480 e. The molecule has 2 rings (SSSR count). The number of carbonyl (C=O) groups excluding carboxylic acids is 1. The first-order chi connectivity index (χ1) is 11.4. The second kappa shape index (κ2) is 8.00. The number of rotatable bonds is 6. The molecule has 0 saturated heterocycles. The van der Waals surface area contributed by atoms with E-state index in [1.54, 1.807) is 0 Å². The number of hydrogen-bond acceptors (Lipinski definition) is 2. The zero-order chi connectivity index (χ0) is 17.7. The van der Waals surface area contributed by atoms with Gasteiger partial charge in [-0.3, -0.25) is 4.79 Å². The lowest BCUT2D eigenvalue weighted by Crippen LogP contribution is -2.32. The van der Waals surface area contributed by atoms with Crippen molar-refractivity contribution in [1.82, 2.24) is 0 Å². The van der Waals surface area contributed by atoms with Crippen LogP contribution in [0.25, 0.3) is 0 Å². The molecule has 0 aliphatic heterocycles. The summed E-state index contributed by atoms with van der Waals surface area (Å²) in [5, 5.41) is 2.95. The third-order valence-electron chi connectivity index (χ3n) is 4.33. The Morgan fingerprint density at radius 3 is 2.33 bits per heavy atom. The molecular weight excluding hydrogens is 298 g/mol. The van der Waals surface area contributed by atoms with Crippen molar-refractivity contribution in [3.8, 4) is 5.75 Å². The molecule has 0 fully saturated rings. The Balaban J connectivity index is 2.07. The average molecular weight is 325 g/mol. The maximum atomic E-state index is 12.5. The van der Waals surface area contributed by atoms with Crippen LogP contribution in [-0.2, 0) is 4.79 Å². The highest BCUT2D eigenvalue weighted by molar-refractivity contribution is 5.94. The number of anilines is 1. The maximum Gasteiger partial charge on any atom is 0.265 e. The molecule has 2 aromatic carbocycles. The number of aryl methyl sites for hydroxylation is 1. The number of benzene rings is 2. The van der Waals surface area contributed by atoms with Gasteiger partial charge < -0.3 is 10.1 Å². The van der Waals surface area contributed by atoms with Crippen LogP contribution in [-0.4, -0.2) is 12.0 Å². The average Bonchev–Trinajstić information content (AvgIpc) is 2.56. The summed E-state index contributed by atoms with van der Waals surface area (Å²) in [6.07, 6.45) is 0.110. The fourth-order valence-electron chi connectivity index (χ4n) is 2.50. The monoisotopic (exact) mass is 325 g/mol. The summed E-state index contributed by atoms with van der Waals surface area (Å²) < 4.78 is 5.96. The van der Waals surface area contributed by atoms with Gasteiger partial charge in [-0.2, -0.15) is 0 Å². The zero-order valence-corrected chi connectivity index (χ0v) is 15.2. The molecule has 1 atom stereocenters. The molecule has 3 heteroatoms. The van der Waals surface area contributed by atoms with Crippen LogP contribution in [0.5, 0.6) is 5.75 Å². The van der Waals surface area contributed by atoms with Crippen molar-refractivity contribution >= 4 is 11.6 Å². The molecule has 0 aliphatic rings. The van der Waals surface area contributed by atoms with Crippen molar-refractivity contribution in [2.24, 2.45) is 0 Å². The van der Waals surface area contributed by atoms with E-state index in [1.807, 2.05) is 63.2 Å². The standard InChI is InChI=1S/C21H27NO2/c1-6-19(24-20-9-7-8-15(4)16(20)5)21(23)22-18-12-10-17(11-13-18)14(2)3/h7-14,19H,6H2,1-5H3,(H,22,23)/t19-/m0/s1. The second-order valence-corrected chi connectivity index (χ2v) is 6.48. The minimum absolute atomic E-state index is 0.115. The van der Waals surface area contributed by atoms with Crippen molar-refractivity contribution in [2.75, 3.05) is 5.32 Å². The lowest BCUT2D eigenvalue weighted by atomic mass is 10.0. The van der Waals surface area contributed by atoms with E-state index in [1.165, 1.54) is 5.56 Å². The SMILES string of the molecule is CC[C@H](Oc1cccc(C)c1C)C(=O)Nc1ccc(C(C)C)cc1. The van der Waals surface area contributed by atoms with Crippen molar-refractivity contribution in [3.05, 3.63) is 59.2 Å². The second-order valence-electron chi connectivity index (χ2n) is 6.48. The summed E-state index contributed by atoms with van der Waals surface area (Å²) in [4.78, 5) is 12.5. The van der Waals surface area contributed by atoms with Gasteiger partial charge in [-0.1, -0.05) is 45.0 Å². The van der Waals surface area contributed by atoms with Gasteiger partial charge in [-0.25, -0.2) is 0 Å². The van der Waals surface area contributed by atoms with Crippen molar-refractivity contribution in [2.45, 2.75) is 53.1 Å². The van der Waals surface area contributed by atoms with Gasteiger partial charge in [-0.05, 0) is 61.1 Å². The van der Waals surface area contributed by atoms with E-state index in [-0.39, 0.29) is 5.91 Å². The quantitative estimate of drug-likeness (QED) is 0.790. The molecule has 24 heavy (non-hydrogen) atoms. The Morgan fingerprint density at radius 2 is 1.75 bits per heavy atom. The number of nitrogens with one attached hydrogen (secondary N) is 1. The number of amides is 1. The van der Waals surface area contributed by atoms with Crippen LogP contribution in [0.2, 0.25) is 0 Å². The smallest absolute Gasteiger partial charge is 0.265 e. The van der Waals surface area contributed by atoms with Gasteiger partial charge >= 0.3 is 0 Å². The molecule has 0 aliphatic carbocycles. The number of ether oxygens (including phenoxy) is 1. The Bertz CT molecular complexity index is 689. The van der Waals surface area contributed by atoms with Crippen molar-refractivity contribution in [1.29, 1.82) is 0 Å². The fourth-order valence-corrected chi connectivity index (χ4v) is 2.50. The number of hydrogen-bond donors (Lipinski definition) is 1. The highest BCUT2D eigenvalue weighted by Gasteiger charge is 2.19. The third-order valence-corrected chi connectivity index (χ3v) is 4.33. The van der Waals surface area contributed by atoms with Gasteiger partial charge in [0.05, 0.1) is 0 Å². The maximum absolute atomic E-state index is 12.5. The highest BCUT2D eigenvalue weighted by atomic mass is 16.5. The van der Waals surface area contributed by atoms with Gasteiger partial charge in [0.2, 0.25) is 0 Å². The molecule has 0 spiro atoms. The zero-order valence-electron chi connectivity index (χ0n) is 15.2. The van der Waals surface area contributed by atoms with E-state index < -0.39 is 6.10 Å². The number of carbonyl (C=O) groups is 1. The minimum atomic E-state index is -0.504. The lowest BCUT2D eigenvalue weighted by Gasteiger charge is -2.19. The molecule has 128 valence electrons. The molecule has 2 aromatic rings. The van der Waals surface area contributed by atoms with Crippen LogP contribution in [0, 0.1) is 13.8 Å². The molecule has 0 bridgehead atoms. The molecule has 1 amide bonds. The van der Waals surface area contributed by atoms with Crippen LogP contribution in [0.1, 0.15) is 49.8 Å². The van der Waals surface area contributed by atoms with Crippen LogP contribution in [0.15, 0.2) is 42.5 Å². The van der Waals surface area contributed by atoms with Crippen molar-refractivity contribution in [3.63, 3.8) is 0 Å². The van der Waals surface area contributed by atoms with E-state index >= 15 is 0 Å². The molecule has 1 N–H and O–H groups in total. The first kappa shape index (κ1) is 18.1. The Kier molecular flexibility index (Phi) is 6.02. The molecule has 0 unspecified atom stereocenters. The van der Waals surface area contributed by atoms with E-state index in [0.29, 0.717) is 12.3 Å². The van der Waals surface area contributed by atoms with E-state index in [0.717, 1.165) is 22.6 Å². The van der Waals surface area contributed by atoms with Crippen molar-refractivity contribution < 1.29 is 9.53 Å². The summed E-state index contributed by atoms with van der Waals surface area (Å²) in [5.74, 6) is 1.13. The summed E-state index contributed by atoms with van der Waals surface area (Å²) in [5.41, 5.74) is 4.29. The van der Waals surface area contributed by atoms with Crippen LogP contribution >= 0.6 is 0 Å². The Hall–Kier alpha value is -2.29. The summed E-state index contributed by atoms with van der Waals surface area (Å²) in [6, 6.07) is 13.9. The normalized spacial score (nSPS) is 12.1. The van der Waals surface area contributed by atoms with Gasteiger partial charge in [0, 0.05) is 5.69 Å². The molecule has 3 nitrogen and oxygen atoms in total. The first-order valence-corrected chi connectivity index (χ1v) is 8.56. The van der Waals surface area contributed by atoms with Gasteiger partial charge in [-0.15, -0.1) is 0 Å². The molecule has 0 aromatic heterocycles. The lowest BCUT2D eigenvalue weighted by molar-refractivity contribution is -0.122. The molecule has 0 saturated carbocycles. The van der Waals surface area contributed by atoms with Crippen LogP contribution < -0.4 is 10.1 Å².